The molecule has 0 saturated carbocycles. The largest absolute Gasteiger partial charge is 0.355 e. The summed E-state index contributed by atoms with van der Waals surface area (Å²) in [7, 11) is 0. The number of rotatable bonds is 0. The first-order chi connectivity index (χ1) is 8.81. The molecule has 2 heteroatoms. The highest BCUT2D eigenvalue weighted by molar-refractivity contribution is 6.31. The highest BCUT2D eigenvalue weighted by atomic mass is 35.5. The molecule has 0 aliphatic heterocycles. The van der Waals surface area contributed by atoms with Gasteiger partial charge in [-0.15, -0.1) is 0 Å². The van der Waals surface area contributed by atoms with Crippen molar-refractivity contribution in [3.63, 3.8) is 0 Å². The fraction of sp³-hybridized carbons (Fsp3) is 0.125. The van der Waals surface area contributed by atoms with Crippen LogP contribution >= 0.6 is 11.6 Å². The van der Waals surface area contributed by atoms with Crippen molar-refractivity contribution in [2.24, 2.45) is 0 Å². The van der Waals surface area contributed by atoms with E-state index in [0.29, 0.717) is 0 Å². The molecular formula is C16H12ClN. The molecular weight excluding hydrogens is 242 g/mol. The van der Waals surface area contributed by atoms with Gasteiger partial charge in [0.1, 0.15) is 0 Å². The van der Waals surface area contributed by atoms with Crippen LogP contribution in [0.4, 0.5) is 0 Å². The average molecular weight is 254 g/mol. The highest BCUT2D eigenvalue weighted by Crippen LogP contribution is 2.32. The first kappa shape index (κ1) is 10.2. The van der Waals surface area contributed by atoms with Gasteiger partial charge in [-0.2, -0.15) is 0 Å². The van der Waals surface area contributed by atoms with Gasteiger partial charge in [0.2, 0.25) is 0 Å². The van der Waals surface area contributed by atoms with E-state index in [1.807, 2.05) is 0 Å². The normalized spacial score (nSPS) is 14.8. The zero-order valence-corrected chi connectivity index (χ0v) is 10.6. The summed E-state index contributed by atoms with van der Waals surface area (Å²) in [6, 6.07) is 13.0. The Morgan fingerprint density at radius 2 is 1.83 bits per heavy atom. The number of fused-ring (bicyclic) bond motifs is 4. The van der Waals surface area contributed by atoms with Crippen LogP contribution in [-0.2, 0) is 6.42 Å². The lowest BCUT2D eigenvalue weighted by molar-refractivity contribution is 0.973. The van der Waals surface area contributed by atoms with Gasteiger partial charge in [0, 0.05) is 26.8 Å². The van der Waals surface area contributed by atoms with Crippen molar-refractivity contribution in [1.82, 2.24) is 4.98 Å². The molecule has 1 aliphatic carbocycles. The van der Waals surface area contributed by atoms with E-state index in [4.69, 9.17) is 11.6 Å². The third-order valence-corrected chi connectivity index (χ3v) is 4.01. The second kappa shape index (κ2) is 3.63. The minimum Gasteiger partial charge on any atom is -0.355 e. The molecule has 88 valence electrons. The monoisotopic (exact) mass is 253 g/mol. The zero-order valence-electron chi connectivity index (χ0n) is 9.83. The Bertz CT molecular complexity index is 795. The molecule has 3 aromatic rings. The van der Waals surface area contributed by atoms with Crippen LogP contribution in [0.1, 0.15) is 17.5 Å². The van der Waals surface area contributed by atoms with Crippen LogP contribution in [0.25, 0.3) is 27.9 Å². The number of aromatic nitrogens is 1. The van der Waals surface area contributed by atoms with Crippen LogP contribution in [0.3, 0.4) is 0 Å². The van der Waals surface area contributed by atoms with Crippen molar-refractivity contribution in [2.75, 3.05) is 0 Å². The molecule has 1 aliphatic rings. The average Bonchev–Trinajstić information content (AvgIpc) is 2.74. The van der Waals surface area contributed by atoms with E-state index in [2.05, 4.69) is 47.5 Å². The summed E-state index contributed by atoms with van der Waals surface area (Å²) in [5.74, 6) is 0. The minimum atomic E-state index is 0.959. The molecule has 0 radical (unpaired) electrons. The molecule has 0 atom stereocenters. The van der Waals surface area contributed by atoms with Crippen molar-refractivity contribution >= 4 is 39.5 Å². The number of allylic oxidation sites excluding steroid dienone is 1. The molecule has 4 rings (SSSR count). The number of hydrogen-bond donors (Lipinski definition) is 1. The summed E-state index contributed by atoms with van der Waals surface area (Å²) < 4.78 is 0. The number of H-pyrrole nitrogens is 1. The van der Waals surface area contributed by atoms with Gasteiger partial charge in [-0.3, -0.25) is 0 Å². The Balaban J connectivity index is 2.12. The summed E-state index contributed by atoms with van der Waals surface area (Å²) in [5, 5.41) is 3.53. The van der Waals surface area contributed by atoms with E-state index >= 15 is 0 Å². The van der Waals surface area contributed by atoms with Crippen molar-refractivity contribution < 1.29 is 0 Å². The van der Waals surface area contributed by atoms with Gasteiger partial charge in [0.05, 0.1) is 0 Å². The summed E-state index contributed by atoms with van der Waals surface area (Å²) in [4.78, 5) is 3.49. The van der Waals surface area contributed by atoms with Crippen LogP contribution in [0.5, 0.6) is 0 Å². The molecule has 1 heterocycles. The van der Waals surface area contributed by atoms with Gasteiger partial charge >= 0.3 is 0 Å². The third kappa shape index (κ3) is 1.41. The van der Waals surface area contributed by atoms with Gasteiger partial charge in [-0.25, -0.2) is 0 Å². The van der Waals surface area contributed by atoms with Crippen LogP contribution in [-0.4, -0.2) is 4.98 Å². The van der Waals surface area contributed by atoms with E-state index in [1.54, 1.807) is 0 Å². The van der Waals surface area contributed by atoms with Crippen LogP contribution in [0.2, 0.25) is 0 Å². The smallest absolute Gasteiger partial charge is 0.0468 e. The third-order valence-electron chi connectivity index (χ3n) is 3.71. The molecule has 0 amide bonds. The second-order valence-electron chi connectivity index (χ2n) is 4.86. The van der Waals surface area contributed by atoms with Crippen LogP contribution in [0.15, 0.2) is 41.4 Å². The SMILES string of the molecule is ClC1=Cc2cc3c(cc2CC1)[nH]c1ccccc13. The predicted octanol–water partition coefficient (Wildman–Crippen LogP) is 4.85. The summed E-state index contributed by atoms with van der Waals surface area (Å²) in [5.41, 5.74) is 5.08. The first-order valence-electron chi connectivity index (χ1n) is 6.21. The Morgan fingerprint density at radius 3 is 2.78 bits per heavy atom. The van der Waals surface area contributed by atoms with Crippen LogP contribution < -0.4 is 0 Å². The standard InChI is InChI=1S/C16H12ClN/c17-12-6-5-10-9-16-14(8-11(10)7-12)13-3-1-2-4-15(13)18-16/h1-4,7-9,18H,5-6H2. The molecule has 1 nitrogen and oxygen atoms in total. The van der Waals surface area contributed by atoms with Gasteiger partial charge < -0.3 is 4.98 Å². The zero-order chi connectivity index (χ0) is 12.1. The number of hydrogen-bond acceptors (Lipinski definition) is 0. The highest BCUT2D eigenvalue weighted by Gasteiger charge is 2.12. The van der Waals surface area contributed by atoms with Gasteiger partial charge in [0.25, 0.3) is 0 Å². The Hall–Kier alpha value is -1.73. The fourth-order valence-corrected chi connectivity index (χ4v) is 3.02. The topological polar surface area (TPSA) is 15.8 Å². The second-order valence-corrected chi connectivity index (χ2v) is 5.34. The Morgan fingerprint density at radius 1 is 0.944 bits per heavy atom. The molecule has 0 saturated heterocycles. The Kier molecular flexibility index (Phi) is 2.06. The number of para-hydroxylation sites is 1. The maximum Gasteiger partial charge on any atom is 0.0468 e. The van der Waals surface area contributed by atoms with Gasteiger partial charge in [-0.1, -0.05) is 29.8 Å². The number of aryl methyl sites for hydroxylation is 1. The maximum atomic E-state index is 6.14. The molecule has 18 heavy (non-hydrogen) atoms. The lowest BCUT2D eigenvalue weighted by atomic mass is 9.95. The summed E-state index contributed by atoms with van der Waals surface area (Å²) >= 11 is 6.14. The maximum absolute atomic E-state index is 6.14. The molecule has 0 unspecified atom stereocenters. The number of nitrogens with one attached hydrogen (secondary N) is 1. The number of benzene rings is 2. The van der Waals surface area contributed by atoms with Gasteiger partial charge in [0.15, 0.2) is 0 Å². The van der Waals surface area contributed by atoms with E-state index in [0.717, 1.165) is 17.9 Å². The summed E-state index contributed by atoms with van der Waals surface area (Å²) in [6.45, 7) is 0. The quantitative estimate of drug-likeness (QED) is 0.590. The predicted molar refractivity (Wildman–Crippen MR) is 78.0 cm³/mol. The first-order valence-corrected chi connectivity index (χ1v) is 6.58. The molecule has 0 fully saturated rings. The lowest BCUT2D eigenvalue weighted by Crippen LogP contribution is -1.96. The molecule has 0 spiro atoms. The molecule has 2 aromatic carbocycles. The molecule has 0 bridgehead atoms. The Labute approximate surface area is 110 Å². The van der Waals surface area contributed by atoms with Crippen molar-refractivity contribution in [3.8, 4) is 0 Å². The minimum absolute atomic E-state index is 0.959. The molecule has 1 N–H and O–H groups in total. The number of halogens is 1. The fourth-order valence-electron chi connectivity index (χ4n) is 2.81. The van der Waals surface area contributed by atoms with Crippen molar-refractivity contribution in [3.05, 3.63) is 52.6 Å². The molecule has 1 aromatic heterocycles. The van der Waals surface area contributed by atoms with E-state index in [9.17, 15) is 0 Å². The van der Waals surface area contributed by atoms with E-state index in [-0.39, 0.29) is 0 Å². The van der Waals surface area contributed by atoms with Crippen molar-refractivity contribution in [1.29, 1.82) is 0 Å². The van der Waals surface area contributed by atoms with Gasteiger partial charge in [-0.05, 0) is 48.2 Å². The van der Waals surface area contributed by atoms with E-state index < -0.39 is 0 Å². The lowest BCUT2D eigenvalue weighted by Gasteiger charge is -2.12. The number of aromatic amines is 1. The summed E-state index contributed by atoms with van der Waals surface area (Å²) in [6.07, 6.45) is 4.10. The van der Waals surface area contributed by atoms with E-state index in [1.165, 1.54) is 32.9 Å². The van der Waals surface area contributed by atoms with Crippen molar-refractivity contribution in [2.45, 2.75) is 12.8 Å². The van der Waals surface area contributed by atoms with Crippen LogP contribution in [0, 0.1) is 0 Å².